The Morgan fingerprint density at radius 3 is 1.55 bits per heavy atom. The minimum atomic E-state index is -0.335. The van der Waals surface area contributed by atoms with E-state index in [4.69, 9.17) is 9.97 Å². The maximum Gasteiger partial charge on any atom is 0.148 e. The van der Waals surface area contributed by atoms with Gasteiger partial charge in [-0.3, -0.25) is 9.55 Å². The Kier molecular flexibility index (Phi) is 13.9. The van der Waals surface area contributed by atoms with E-state index in [2.05, 4.69) is 257 Å². The van der Waals surface area contributed by atoms with E-state index in [1.165, 1.54) is 22.3 Å². The van der Waals surface area contributed by atoms with Gasteiger partial charge in [0.2, 0.25) is 0 Å². The van der Waals surface area contributed by atoms with Crippen molar-refractivity contribution < 1.29 is 26.2 Å². The average molecular weight is 1170 g/mol. The molecule has 10 aromatic carbocycles. The number of hydrogen-bond donors (Lipinski definition) is 1. The summed E-state index contributed by atoms with van der Waals surface area (Å²) >= 11 is 0. The van der Waals surface area contributed by atoms with Crippen LogP contribution in [0.3, 0.4) is 0 Å². The third-order valence-corrected chi connectivity index (χ3v) is 15.0. The SMILES string of the molecule is CC(C)(C)c1ccc(-n2c(-c3cc(-c4ccccc4)cc(-c4ccccc4)c3O)nc3c(-c4[c-]c(-c5cc(-c6ccc(C(C)(c7ccccc7)c7ccccc7)cc6)ccn5)ccc4)cccc32)c(-c2ccccc2)c1.[Pt]. The van der Waals surface area contributed by atoms with Crippen molar-refractivity contribution in [2.45, 2.75) is 38.5 Å². The number of para-hydroxylation sites is 1. The molecule has 0 aliphatic heterocycles. The standard InChI is InChI=1S/C72H56N3O.Pt/c1-71(2,3)60-40-41-66(62(48-60)51-24-12-6-13-25-51)75-67-35-21-34-61(68(67)74-70(75)64-46-56(49-22-10-5-11-23-49)45-63(69(64)76)52-26-14-7-15-27-52)54-28-20-29-55(44-54)65-47-53(42-43-73-65)50-36-38-59(39-37-50)72(4,57-30-16-8-17-31-57)58-32-18-9-19-33-58;/h5-43,45-48,76H,1-4H3;/q-1;. The number of fused-ring (bicyclic) bond motifs is 1. The van der Waals surface area contributed by atoms with Gasteiger partial charge in [0, 0.05) is 49.5 Å². The predicted molar refractivity (Wildman–Crippen MR) is 315 cm³/mol. The number of phenolic OH excluding ortho intramolecular Hbond substituents is 1. The molecule has 5 heteroatoms. The van der Waals surface area contributed by atoms with E-state index in [-0.39, 0.29) is 37.6 Å². The van der Waals surface area contributed by atoms with E-state index in [1.54, 1.807) is 0 Å². The Morgan fingerprint density at radius 1 is 0.403 bits per heavy atom. The van der Waals surface area contributed by atoms with Crippen LogP contribution in [-0.2, 0) is 31.9 Å². The third-order valence-electron chi connectivity index (χ3n) is 15.0. The number of aromatic hydroxyl groups is 1. The summed E-state index contributed by atoms with van der Waals surface area (Å²) in [5.41, 5.74) is 19.2. The molecule has 0 amide bonds. The first kappa shape index (κ1) is 50.5. The summed E-state index contributed by atoms with van der Waals surface area (Å²) in [5, 5.41) is 12.7. The van der Waals surface area contributed by atoms with Crippen LogP contribution in [0.1, 0.15) is 49.9 Å². The van der Waals surface area contributed by atoms with Gasteiger partial charge in [-0.2, -0.15) is 0 Å². The van der Waals surface area contributed by atoms with Crippen LogP contribution >= 0.6 is 0 Å². The molecule has 0 radical (unpaired) electrons. The molecule has 2 heterocycles. The molecule has 12 aromatic rings. The average Bonchev–Trinajstić information content (AvgIpc) is 4.02. The number of pyridine rings is 1. The largest absolute Gasteiger partial charge is 0.507 e. The molecular weight excluding hydrogens is 1120 g/mol. The van der Waals surface area contributed by atoms with Gasteiger partial charge in [0.15, 0.2) is 0 Å². The van der Waals surface area contributed by atoms with Crippen LogP contribution in [-0.4, -0.2) is 19.6 Å². The smallest absolute Gasteiger partial charge is 0.148 e. The molecule has 376 valence electrons. The molecule has 77 heavy (non-hydrogen) atoms. The second-order valence-corrected chi connectivity index (χ2v) is 20.8. The van der Waals surface area contributed by atoms with Crippen LogP contribution in [0.2, 0.25) is 0 Å². The molecule has 2 aromatic heterocycles. The summed E-state index contributed by atoms with van der Waals surface area (Å²) in [4.78, 5) is 10.6. The van der Waals surface area contributed by atoms with Crippen molar-refractivity contribution in [1.82, 2.24) is 14.5 Å². The van der Waals surface area contributed by atoms with E-state index in [9.17, 15) is 5.11 Å². The first-order chi connectivity index (χ1) is 37.1. The monoisotopic (exact) mass is 1170 g/mol. The number of imidazole rings is 1. The van der Waals surface area contributed by atoms with Crippen molar-refractivity contribution >= 4 is 11.0 Å². The van der Waals surface area contributed by atoms with Crippen LogP contribution < -0.4 is 0 Å². The van der Waals surface area contributed by atoms with Gasteiger partial charge in [-0.25, -0.2) is 4.98 Å². The van der Waals surface area contributed by atoms with Crippen molar-refractivity contribution in [2.75, 3.05) is 0 Å². The zero-order valence-electron chi connectivity index (χ0n) is 43.4. The second-order valence-electron chi connectivity index (χ2n) is 20.8. The van der Waals surface area contributed by atoms with Crippen LogP contribution in [0.5, 0.6) is 5.75 Å². The quantitative estimate of drug-likeness (QED) is 0.104. The molecule has 0 fully saturated rings. The summed E-state index contributed by atoms with van der Waals surface area (Å²) in [6, 6.07) is 93.1. The van der Waals surface area contributed by atoms with Crippen molar-refractivity contribution in [3.63, 3.8) is 0 Å². The Bertz CT molecular complexity index is 3980. The maximum absolute atomic E-state index is 12.7. The summed E-state index contributed by atoms with van der Waals surface area (Å²) in [6.07, 6.45) is 1.89. The van der Waals surface area contributed by atoms with Gasteiger partial charge >= 0.3 is 0 Å². The Hall–Kier alpha value is -8.69. The number of benzene rings is 10. The molecule has 0 atom stereocenters. The molecule has 1 N–H and O–H groups in total. The molecule has 0 spiro atoms. The molecule has 4 nitrogen and oxygen atoms in total. The van der Waals surface area contributed by atoms with Gasteiger partial charge in [0.25, 0.3) is 0 Å². The van der Waals surface area contributed by atoms with Gasteiger partial charge in [0.05, 0.1) is 22.3 Å². The minimum absolute atomic E-state index is 0. The minimum Gasteiger partial charge on any atom is -0.507 e. The summed E-state index contributed by atoms with van der Waals surface area (Å²) < 4.78 is 2.24. The van der Waals surface area contributed by atoms with Crippen LogP contribution in [0.25, 0.3) is 95.0 Å². The molecule has 0 unspecified atom stereocenters. The molecular formula is C72H56N3OPt-. The van der Waals surface area contributed by atoms with Gasteiger partial charge < -0.3 is 5.11 Å². The van der Waals surface area contributed by atoms with Gasteiger partial charge in [-0.05, 0) is 104 Å². The van der Waals surface area contributed by atoms with Gasteiger partial charge in [-0.1, -0.05) is 232 Å². The molecule has 0 aliphatic rings. The summed E-state index contributed by atoms with van der Waals surface area (Å²) in [6.45, 7) is 9.07. The second kappa shape index (κ2) is 21.1. The van der Waals surface area contributed by atoms with Crippen molar-refractivity contribution in [2.24, 2.45) is 0 Å². The van der Waals surface area contributed by atoms with E-state index < -0.39 is 0 Å². The van der Waals surface area contributed by atoms with Crippen LogP contribution in [0.15, 0.2) is 261 Å². The molecule has 0 saturated carbocycles. The first-order valence-electron chi connectivity index (χ1n) is 26.0. The summed E-state index contributed by atoms with van der Waals surface area (Å²) in [7, 11) is 0. The zero-order valence-corrected chi connectivity index (χ0v) is 45.7. The van der Waals surface area contributed by atoms with Crippen molar-refractivity contribution in [3.8, 4) is 89.7 Å². The van der Waals surface area contributed by atoms with Crippen LogP contribution in [0, 0.1) is 6.07 Å². The van der Waals surface area contributed by atoms with Gasteiger partial charge in [-0.15, -0.1) is 29.8 Å². The third kappa shape index (κ3) is 9.67. The fourth-order valence-electron chi connectivity index (χ4n) is 10.8. The molecule has 12 rings (SSSR count). The zero-order chi connectivity index (χ0) is 51.8. The number of aromatic nitrogens is 3. The number of hydrogen-bond acceptors (Lipinski definition) is 3. The molecule has 0 bridgehead atoms. The van der Waals surface area contributed by atoms with E-state index in [0.717, 1.165) is 83.6 Å². The van der Waals surface area contributed by atoms with Crippen LogP contribution in [0.4, 0.5) is 0 Å². The number of phenols is 1. The number of nitrogens with zero attached hydrogens (tertiary/aromatic N) is 3. The molecule has 0 saturated heterocycles. The van der Waals surface area contributed by atoms with E-state index >= 15 is 0 Å². The van der Waals surface area contributed by atoms with Crippen molar-refractivity contribution in [3.05, 3.63) is 289 Å². The predicted octanol–water partition coefficient (Wildman–Crippen LogP) is 18.2. The van der Waals surface area contributed by atoms with E-state index in [1.807, 2.05) is 42.6 Å². The van der Waals surface area contributed by atoms with Crippen molar-refractivity contribution in [1.29, 1.82) is 0 Å². The number of rotatable bonds is 11. The summed E-state index contributed by atoms with van der Waals surface area (Å²) in [5.74, 6) is 0.784. The fraction of sp³-hybridized carbons (Fsp3) is 0.0833. The maximum atomic E-state index is 12.7. The molecule has 0 aliphatic carbocycles. The first-order valence-corrected chi connectivity index (χ1v) is 26.0. The fourth-order valence-corrected chi connectivity index (χ4v) is 10.8. The normalized spacial score (nSPS) is 11.6. The van der Waals surface area contributed by atoms with E-state index in [0.29, 0.717) is 11.4 Å². The Labute approximate surface area is 466 Å². The Morgan fingerprint density at radius 2 is 0.922 bits per heavy atom. The van der Waals surface area contributed by atoms with Gasteiger partial charge in [0.1, 0.15) is 11.6 Å². The topological polar surface area (TPSA) is 50.9 Å². The Balaban J connectivity index is 0.00000631.